The fraction of sp³-hybridized carbons (Fsp3) is 0.125. The highest BCUT2D eigenvalue weighted by Crippen LogP contribution is 2.17. The Bertz CT molecular complexity index is 433. The summed E-state index contributed by atoms with van der Waals surface area (Å²) in [6, 6.07) is 3.87. The van der Waals surface area contributed by atoms with Crippen LogP contribution < -0.4 is 5.73 Å². The maximum absolute atomic E-state index is 5.77. The lowest BCUT2D eigenvalue weighted by Gasteiger charge is -1.95. The molecule has 0 aliphatic heterocycles. The topological polar surface area (TPSA) is 43.3 Å². The van der Waals surface area contributed by atoms with Crippen LogP contribution in [0, 0.1) is 6.92 Å². The molecule has 2 aromatic heterocycles. The Morgan fingerprint density at radius 1 is 1.58 bits per heavy atom. The van der Waals surface area contributed by atoms with E-state index in [9.17, 15) is 0 Å². The van der Waals surface area contributed by atoms with Gasteiger partial charge in [-0.15, -0.1) is 0 Å². The highest BCUT2D eigenvalue weighted by molar-refractivity contribution is 9.10. The highest BCUT2D eigenvalue weighted by Gasteiger charge is 2.03. The van der Waals surface area contributed by atoms with Gasteiger partial charge >= 0.3 is 0 Å². The minimum atomic E-state index is 0.706. The van der Waals surface area contributed by atoms with Gasteiger partial charge < -0.3 is 5.73 Å². The van der Waals surface area contributed by atoms with Crippen LogP contribution in [0.3, 0.4) is 0 Å². The maximum atomic E-state index is 5.77. The van der Waals surface area contributed by atoms with Gasteiger partial charge in [0.15, 0.2) is 0 Å². The van der Waals surface area contributed by atoms with Gasteiger partial charge in [0.1, 0.15) is 11.5 Å². The summed E-state index contributed by atoms with van der Waals surface area (Å²) in [5, 5.41) is 0. The smallest absolute Gasteiger partial charge is 0.139 e. The summed E-state index contributed by atoms with van der Waals surface area (Å²) >= 11 is 3.37. The van der Waals surface area contributed by atoms with Gasteiger partial charge in [0.2, 0.25) is 0 Å². The fourth-order valence-corrected chi connectivity index (χ4v) is 1.48. The van der Waals surface area contributed by atoms with Crippen molar-refractivity contribution in [1.82, 2.24) is 9.38 Å². The average Bonchev–Trinajstić information content (AvgIpc) is 2.28. The lowest BCUT2D eigenvalue weighted by Crippen LogP contribution is -1.92. The first-order valence-electron chi connectivity index (χ1n) is 3.58. The predicted octanol–water partition coefficient (Wildman–Crippen LogP) is 1.99. The molecule has 0 fully saturated rings. The summed E-state index contributed by atoms with van der Waals surface area (Å²) in [7, 11) is 0. The van der Waals surface area contributed by atoms with E-state index in [1.807, 2.05) is 29.7 Å². The number of imidazole rings is 1. The number of nitrogens with two attached hydrogens (primary N) is 1. The van der Waals surface area contributed by atoms with Gasteiger partial charge in [-0.2, -0.15) is 0 Å². The molecule has 2 heterocycles. The molecule has 3 nitrogen and oxygen atoms in total. The number of fused-ring (bicyclic) bond motifs is 1. The summed E-state index contributed by atoms with van der Waals surface area (Å²) in [5.74, 6) is 0.706. The number of hydrogen-bond donors (Lipinski definition) is 1. The molecule has 0 aromatic carbocycles. The summed E-state index contributed by atoms with van der Waals surface area (Å²) in [6.45, 7) is 1.90. The monoisotopic (exact) mass is 225 g/mol. The number of aryl methyl sites for hydroxylation is 1. The second-order valence-electron chi connectivity index (χ2n) is 2.66. The van der Waals surface area contributed by atoms with Gasteiger partial charge in [0.05, 0.1) is 5.69 Å². The normalized spacial score (nSPS) is 10.8. The Morgan fingerprint density at radius 3 is 3.08 bits per heavy atom. The molecule has 62 valence electrons. The first kappa shape index (κ1) is 7.61. The number of halogens is 1. The van der Waals surface area contributed by atoms with Crippen LogP contribution in [0.25, 0.3) is 5.65 Å². The van der Waals surface area contributed by atoms with Crippen molar-refractivity contribution < 1.29 is 0 Å². The minimum absolute atomic E-state index is 0.706. The zero-order chi connectivity index (χ0) is 8.72. The molecule has 0 amide bonds. The van der Waals surface area contributed by atoms with Crippen molar-refractivity contribution >= 4 is 27.4 Å². The molecule has 0 spiro atoms. The molecule has 0 aliphatic carbocycles. The van der Waals surface area contributed by atoms with Crippen LogP contribution in [0.15, 0.2) is 22.8 Å². The van der Waals surface area contributed by atoms with Gasteiger partial charge in [-0.3, -0.25) is 4.40 Å². The van der Waals surface area contributed by atoms with Crippen molar-refractivity contribution in [2.75, 3.05) is 5.73 Å². The SMILES string of the molecule is Cc1nc2cc(Br)ccn2c1N. The number of nitrogen functional groups attached to an aromatic ring is 1. The molecule has 0 unspecified atom stereocenters. The van der Waals surface area contributed by atoms with Crippen LogP contribution in [0.2, 0.25) is 0 Å². The predicted molar refractivity (Wildman–Crippen MR) is 52.0 cm³/mol. The van der Waals surface area contributed by atoms with Crippen molar-refractivity contribution in [3.05, 3.63) is 28.5 Å². The highest BCUT2D eigenvalue weighted by atomic mass is 79.9. The third-order valence-corrected chi connectivity index (χ3v) is 2.30. The van der Waals surface area contributed by atoms with Crippen LogP contribution in [-0.2, 0) is 0 Å². The van der Waals surface area contributed by atoms with E-state index in [1.165, 1.54) is 0 Å². The van der Waals surface area contributed by atoms with Crippen LogP contribution in [0.5, 0.6) is 0 Å². The molecular formula is C8H8BrN3. The summed E-state index contributed by atoms with van der Waals surface area (Å²) in [6.07, 6.45) is 1.90. The lowest BCUT2D eigenvalue weighted by atomic mass is 10.5. The van der Waals surface area contributed by atoms with E-state index in [2.05, 4.69) is 20.9 Å². The van der Waals surface area contributed by atoms with Crippen molar-refractivity contribution in [2.45, 2.75) is 6.92 Å². The first-order valence-corrected chi connectivity index (χ1v) is 4.37. The van der Waals surface area contributed by atoms with E-state index in [-0.39, 0.29) is 0 Å². The van der Waals surface area contributed by atoms with Gasteiger partial charge in [0.25, 0.3) is 0 Å². The first-order chi connectivity index (χ1) is 5.68. The van der Waals surface area contributed by atoms with E-state index >= 15 is 0 Å². The van der Waals surface area contributed by atoms with Gasteiger partial charge in [-0.1, -0.05) is 15.9 Å². The van der Waals surface area contributed by atoms with E-state index in [0.717, 1.165) is 15.8 Å². The fourth-order valence-electron chi connectivity index (χ4n) is 1.16. The third kappa shape index (κ3) is 0.992. The summed E-state index contributed by atoms with van der Waals surface area (Å²) in [5.41, 5.74) is 7.52. The molecule has 2 N–H and O–H groups in total. The number of hydrogen-bond acceptors (Lipinski definition) is 2. The van der Waals surface area contributed by atoms with E-state index in [0.29, 0.717) is 5.82 Å². The van der Waals surface area contributed by atoms with Gasteiger partial charge in [-0.25, -0.2) is 4.98 Å². The molecule has 0 radical (unpaired) electrons. The molecule has 4 heteroatoms. The number of rotatable bonds is 0. The summed E-state index contributed by atoms with van der Waals surface area (Å²) < 4.78 is 2.88. The molecule has 2 rings (SSSR count). The second-order valence-corrected chi connectivity index (χ2v) is 3.57. The Hall–Kier alpha value is -1.03. The molecule has 0 aliphatic rings. The quantitative estimate of drug-likeness (QED) is 0.746. The number of aromatic nitrogens is 2. The molecule has 12 heavy (non-hydrogen) atoms. The Labute approximate surface area is 78.3 Å². The molecule has 0 saturated heterocycles. The molecule has 0 saturated carbocycles. The molecule has 0 atom stereocenters. The largest absolute Gasteiger partial charge is 0.383 e. The minimum Gasteiger partial charge on any atom is -0.383 e. The van der Waals surface area contributed by atoms with E-state index in [1.54, 1.807) is 0 Å². The maximum Gasteiger partial charge on any atom is 0.139 e. The molecular weight excluding hydrogens is 218 g/mol. The number of nitrogens with zero attached hydrogens (tertiary/aromatic N) is 2. The van der Waals surface area contributed by atoms with E-state index < -0.39 is 0 Å². The zero-order valence-corrected chi connectivity index (χ0v) is 8.17. The van der Waals surface area contributed by atoms with Crippen molar-refractivity contribution in [3.63, 3.8) is 0 Å². The third-order valence-electron chi connectivity index (χ3n) is 1.81. The van der Waals surface area contributed by atoms with E-state index in [4.69, 9.17) is 5.73 Å². The van der Waals surface area contributed by atoms with Crippen molar-refractivity contribution in [3.8, 4) is 0 Å². The van der Waals surface area contributed by atoms with Crippen LogP contribution in [-0.4, -0.2) is 9.38 Å². The van der Waals surface area contributed by atoms with Crippen LogP contribution in [0.4, 0.5) is 5.82 Å². The molecule has 0 bridgehead atoms. The van der Waals surface area contributed by atoms with Crippen molar-refractivity contribution in [1.29, 1.82) is 0 Å². The van der Waals surface area contributed by atoms with Crippen LogP contribution in [0.1, 0.15) is 5.69 Å². The average molecular weight is 226 g/mol. The lowest BCUT2D eigenvalue weighted by molar-refractivity contribution is 1.19. The summed E-state index contributed by atoms with van der Waals surface area (Å²) in [4.78, 5) is 4.28. The zero-order valence-electron chi connectivity index (χ0n) is 6.58. The van der Waals surface area contributed by atoms with Crippen molar-refractivity contribution in [2.24, 2.45) is 0 Å². The van der Waals surface area contributed by atoms with Gasteiger partial charge in [0, 0.05) is 10.7 Å². The second kappa shape index (κ2) is 2.48. The number of anilines is 1. The van der Waals surface area contributed by atoms with Crippen LogP contribution >= 0.6 is 15.9 Å². The molecule has 2 aromatic rings. The Morgan fingerprint density at radius 2 is 2.33 bits per heavy atom. The van der Waals surface area contributed by atoms with Gasteiger partial charge in [-0.05, 0) is 19.1 Å². The number of pyridine rings is 1. The Balaban J connectivity index is 2.87. The Kier molecular flexibility index (Phi) is 1.58. The standard InChI is InChI=1S/C8H8BrN3/c1-5-8(10)12-3-2-6(9)4-7(12)11-5/h2-4H,10H2,1H3.